The van der Waals surface area contributed by atoms with E-state index in [0.29, 0.717) is 18.4 Å². The van der Waals surface area contributed by atoms with Gasteiger partial charge in [0.2, 0.25) is 0 Å². The zero-order valence-electron chi connectivity index (χ0n) is 22.2. The van der Waals surface area contributed by atoms with E-state index >= 15 is 0 Å². The van der Waals surface area contributed by atoms with Gasteiger partial charge in [0.1, 0.15) is 6.61 Å². The third kappa shape index (κ3) is 10.2. The van der Waals surface area contributed by atoms with Crippen molar-refractivity contribution in [1.82, 2.24) is 5.32 Å². The van der Waals surface area contributed by atoms with Gasteiger partial charge in [-0.1, -0.05) is 92.2 Å². The highest BCUT2D eigenvalue weighted by Gasteiger charge is 2.26. The minimum absolute atomic E-state index is 0.0839. The average Bonchev–Trinajstić information content (AvgIpc) is 2.97. The Bertz CT molecular complexity index is 1200. The molecule has 3 rings (SSSR count). The fraction of sp³-hybridized carbons (Fsp3) is 0.312. The van der Waals surface area contributed by atoms with Crippen LogP contribution in [0.5, 0.6) is 0 Å². The van der Waals surface area contributed by atoms with Crippen LogP contribution in [-0.2, 0) is 36.9 Å². The van der Waals surface area contributed by atoms with Crippen LogP contribution in [0.2, 0.25) is 0 Å². The number of amides is 1. The quantitative estimate of drug-likeness (QED) is 0.271. The summed E-state index contributed by atoms with van der Waals surface area (Å²) in [6, 6.07) is 26.4. The Morgan fingerprint density at radius 2 is 1.36 bits per heavy atom. The number of Topliss-reactive ketones (excluding diaryl/α,β-unsaturated/α-hetero) is 1. The predicted octanol–water partition coefficient (Wildman–Crippen LogP) is 5.22. The van der Waals surface area contributed by atoms with Crippen LogP contribution >= 0.6 is 0 Å². The normalized spacial score (nSPS) is 12.1. The van der Waals surface area contributed by atoms with Crippen molar-refractivity contribution in [3.8, 4) is 0 Å². The molecule has 0 aliphatic rings. The standard InChI is InChI=1S/C32H35NO6/c1-2-3-19-29(32(37)38-23-25-15-9-5-10-16-25)39-30(35)21-20-28(34)27(22-24-13-7-4-8-14-24)33-31(36)26-17-11-6-12-18-26/h4-18,27,29H,2-3,19-23H2,1H3,(H,33,36)/t27-,29-/m0/s1. The second-order valence-electron chi connectivity index (χ2n) is 9.26. The molecular weight excluding hydrogens is 494 g/mol. The van der Waals surface area contributed by atoms with Crippen LogP contribution < -0.4 is 5.32 Å². The number of unbranched alkanes of at least 4 members (excludes halogenated alkanes) is 1. The van der Waals surface area contributed by atoms with Crippen molar-refractivity contribution in [2.24, 2.45) is 0 Å². The molecule has 0 fully saturated rings. The molecule has 0 saturated heterocycles. The summed E-state index contributed by atoms with van der Waals surface area (Å²) in [6.45, 7) is 2.06. The number of carbonyl (C=O) groups is 4. The number of esters is 2. The molecule has 7 heteroatoms. The van der Waals surface area contributed by atoms with Gasteiger partial charge in [0.25, 0.3) is 5.91 Å². The van der Waals surface area contributed by atoms with Crippen molar-refractivity contribution in [2.75, 3.05) is 0 Å². The molecule has 39 heavy (non-hydrogen) atoms. The summed E-state index contributed by atoms with van der Waals surface area (Å²) in [5, 5.41) is 2.81. The lowest BCUT2D eigenvalue weighted by Crippen LogP contribution is -2.42. The van der Waals surface area contributed by atoms with E-state index in [1.54, 1.807) is 30.3 Å². The first-order valence-corrected chi connectivity index (χ1v) is 13.3. The van der Waals surface area contributed by atoms with E-state index in [0.717, 1.165) is 17.5 Å². The van der Waals surface area contributed by atoms with Gasteiger partial charge in [0, 0.05) is 12.0 Å². The van der Waals surface area contributed by atoms with Crippen molar-refractivity contribution in [3.63, 3.8) is 0 Å². The molecule has 1 amide bonds. The van der Waals surface area contributed by atoms with E-state index in [9.17, 15) is 19.2 Å². The first-order chi connectivity index (χ1) is 19.0. The third-order valence-corrected chi connectivity index (χ3v) is 6.17. The minimum atomic E-state index is -1.03. The summed E-state index contributed by atoms with van der Waals surface area (Å²) in [5.74, 6) is -1.93. The number of carbonyl (C=O) groups excluding carboxylic acids is 4. The fourth-order valence-electron chi connectivity index (χ4n) is 3.98. The lowest BCUT2D eigenvalue weighted by molar-refractivity contribution is -0.169. The minimum Gasteiger partial charge on any atom is -0.458 e. The van der Waals surface area contributed by atoms with Gasteiger partial charge in [0.05, 0.1) is 12.5 Å². The summed E-state index contributed by atoms with van der Waals surface area (Å²) < 4.78 is 10.8. The molecule has 0 aromatic heterocycles. The number of ketones is 1. The maximum Gasteiger partial charge on any atom is 0.347 e. The molecule has 0 heterocycles. The van der Waals surface area contributed by atoms with E-state index < -0.39 is 24.1 Å². The Morgan fingerprint density at radius 1 is 0.769 bits per heavy atom. The molecule has 1 N–H and O–H groups in total. The topological polar surface area (TPSA) is 98.8 Å². The molecule has 0 unspecified atom stereocenters. The Morgan fingerprint density at radius 3 is 1.97 bits per heavy atom. The van der Waals surface area contributed by atoms with E-state index in [-0.39, 0.29) is 37.6 Å². The number of rotatable bonds is 15. The third-order valence-electron chi connectivity index (χ3n) is 6.17. The zero-order chi connectivity index (χ0) is 27.9. The lowest BCUT2D eigenvalue weighted by atomic mass is 9.99. The summed E-state index contributed by atoms with van der Waals surface area (Å²) in [7, 11) is 0. The van der Waals surface area contributed by atoms with E-state index in [4.69, 9.17) is 9.47 Å². The van der Waals surface area contributed by atoms with Gasteiger partial charge in [-0.05, 0) is 42.5 Å². The molecule has 0 radical (unpaired) electrons. The number of hydrogen-bond acceptors (Lipinski definition) is 6. The van der Waals surface area contributed by atoms with Gasteiger partial charge >= 0.3 is 11.9 Å². The highest BCUT2D eigenvalue weighted by molar-refractivity contribution is 5.98. The van der Waals surface area contributed by atoms with Crippen molar-refractivity contribution in [2.45, 2.75) is 64.2 Å². The maximum absolute atomic E-state index is 13.2. The maximum atomic E-state index is 13.2. The number of benzene rings is 3. The van der Waals surface area contributed by atoms with E-state index in [1.807, 2.05) is 67.6 Å². The SMILES string of the molecule is CCCC[C@H](OC(=O)CCC(=O)[C@H](Cc1ccccc1)NC(=O)c1ccccc1)C(=O)OCc1ccccc1. The predicted molar refractivity (Wildman–Crippen MR) is 148 cm³/mol. The molecule has 0 aliphatic carbocycles. The molecule has 0 bridgehead atoms. The number of ether oxygens (including phenoxy) is 2. The molecule has 204 valence electrons. The molecule has 0 saturated carbocycles. The molecule has 0 aliphatic heterocycles. The van der Waals surface area contributed by atoms with Gasteiger partial charge in [-0.2, -0.15) is 0 Å². The first-order valence-electron chi connectivity index (χ1n) is 13.3. The van der Waals surface area contributed by atoms with Crippen LogP contribution in [0.4, 0.5) is 0 Å². The van der Waals surface area contributed by atoms with Crippen LogP contribution in [0.25, 0.3) is 0 Å². The van der Waals surface area contributed by atoms with E-state index in [1.165, 1.54) is 0 Å². The lowest BCUT2D eigenvalue weighted by Gasteiger charge is -2.19. The summed E-state index contributed by atoms with van der Waals surface area (Å²) in [5.41, 5.74) is 2.15. The Hall–Kier alpha value is -4.26. The second kappa shape index (κ2) is 15.9. The van der Waals surface area contributed by atoms with Gasteiger partial charge in [-0.15, -0.1) is 0 Å². The van der Waals surface area contributed by atoms with Crippen LogP contribution in [0, 0.1) is 0 Å². The Kier molecular flexibility index (Phi) is 11.9. The smallest absolute Gasteiger partial charge is 0.347 e. The largest absolute Gasteiger partial charge is 0.458 e. The van der Waals surface area contributed by atoms with Gasteiger partial charge in [0.15, 0.2) is 11.9 Å². The molecule has 2 atom stereocenters. The zero-order valence-corrected chi connectivity index (χ0v) is 22.2. The molecular formula is C32H35NO6. The Balaban J connectivity index is 1.58. The fourth-order valence-corrected chi connectivity index (χ4v) is 3.98. The summed E-state index contributed by atoms with van der Waals surface area (Å²) in [6.07, 6.45) is 0.758. The highest BCUT2D eigenvalue weighted by Crippen LogP contribution is 2.13. The monoisotopic (exact) mass is 529 g/mol. The van der Waals surface area contributed by atoms with Crippen LogP contribution in [0.1, 0.15) is 60.5 Å². The highest BCUT2D eigenvalue weighted by atomic mass is 16.6. The van der Waals surface area contributed by atoms with Crippen molar-refractivity contribution in [1.29, 1.82) is 0 Å². The van der Waals surface area contributed by atoms with Crippen molar-refractivity contribution in [3.05, 3.63) is 108 Å². The first kappa shape index (κ1) is 29.3. The number of nitrogens with one attached hydrogen (secondary N) is 1. The van der Waals surface area contributed by atoms with Gasteiger partial charge in [-0.25, -0.2) is 4.79 Å². The number of hydrogen-bond donors (Lipinski definition) is 1. The molecule has 0 spiro atoms. The van der Waals surface area contributed by atoms with Crippen molar-refractivity contribution >= 4 is 23.6 Å². The average molecular weight is 530 g/mol. The summed E-state index contributed by atoms with van der Waals surface area (Å²) in [4.78, 5) is 51.2. The Labute approximate surface area is 229 Å². The van der Waals surface area contributed by atoms with Crippen molar-refractivity contribution < 1.29 is 28.7 Å². The second-order valence-corrected chi connectivity index (χ2v) is 9.26. The van der Waals surface area contributed by atoms with Gasteiger partial charge < -0.3 is 14.8 Å². The van der Waals surface area contributed by atoms with Gasteiger partial charge in [-0.3, -0.25) is 14.4 Å². The van der Waals surface area contributed by atoms with Crippen LogP contribution in [0.15, 0.2) is 91.0 Å². The van der Waals surface area contributed by atoms with E-state index in [2.05, 4.69) is 5.32 Å². The molecule has 7 nitrogen and oxygen atoms in total. The molecule has 3 aromatic carbocycles. The molecule has 3 aromatic rings. The van der Waals surface area contributed by atoms with Crippen LogP contribution in [-0.4, -0.2) is 35.8 Å². The summed E-state index contributed by atoms with van der Waals surface area (Å²) >= 11 is 0. The van der Waals surface area contributed by atoms with Crippen LogP contribution in [0.3, 0.4) is 0 Å².